The summed E-state index contributed by atoms with van der Waals surface area (Å²) in [6.45, 7) is 1.38. The Morgan fingerprint density at radius 3 is 2.74 bits per heavy atom. The number of rotatable bonds is 6. The summed E-state index contributed by atoms with van der Waals surface area (Å²) in [5, 5.41) is 3.04. The van der Waals surface area contributed by atoms with Gasteiger partial charge in [0.2, 0.25) is 0 Å². The maximum atomic E-state index is 6.36. The van der Waals surface area contributed by atoms with E-state index in [1.54, 1.807) is 11.3 Å². The molecule has 1 aromatic heterocycles. The lowest BCUT2D eigenvalue weighted by Crippen LogP contribution is -2.12. The van der Waals surface area contributed by atoms with E-state index < -0.39 is 0 Å². The van der Waals surface area contributed by atoms with Crippen LogP contribution in [-0.4, -0.2) is 24.0 Å². The number of fused-ring (bicyclic) bond motifs is 1. The van der Waals surface area contributed by atoms with E-state index in [4.69, 9.17) is 20.2 Å². The second-order valence-corrected chi connectivity index (χ2v) is 8.31. The lowest BCUT2D eigenvalue weighted by Gasteiger charge is -2.09. The van der Waals surface area contributed by atoms with Crippen molar-refractivity contribution < 1.29 is 9.47 Å². The number of benzene rings is 2. The molecule has 2 aromatic carbocycles. The highest BCUT2D eigenvalue weighted by Gasteiger charge is 2.15. The SMILES string of the molecule is NC(CSCc1ccccc1)c1nc(-c2ccc3c(c2)OCCCO3)cs1. The Morgan fingerprint density at radius 2 is 1.89 bits per heavy atom. The van der Waals surface area contributed by atoms with Crippen molar-refractivity contribution >= 4 is 23.1 Å². The molecule has 140 valence electrons. The van der Waals surface area contributed by atoms with Gasteiger partial charge in [0, 0.05) is 28.9 Å². The molecule has 1 aliphatic heterocycles. The van der Waals surface area contributed by atoms with Crippen molar-refractivity contribution in [2.45, 2.75) is 18.2 Å². The van der Waals surface area contributed by atoms with Crippen molar-refractivity contribution in [1.82, 2.24) is 4.98 Å². The smallest absolute Gasteiger partial charge is 0.161 e. The van der Waals surface area contributed by atoms with E-state index in [0.29, 0.717) is 13.2 Å². The number of nitrogens with two attached hydrogens (primary N) is 1. The molecule has 6 heteroatoms. The van der Waals surface area contributed by atoms with Gasteiger partial charge in [0.25, 0.3) is 0 Å². The first-order chi connectivity index (χ1) is 13.3. The minimum absolute atomic E-state index is 0.0575. The second-order valence-electron chi connectivity index (χ2n) is 6.39. The van der Waals surface area contributed by atoms with Crippen LogP contribution in [0, 0.1) is 0 Å². The Bertz CT molecular complexity index is 883. The minimum Gasteiger partial charge on any atom is -0.490 e. The maximum Gasteiger partial charge on any atom is 0.161 e. The van der Waals surface area contributed by atoms with Gasteiger partial charge in [-0.05, 0) is 23.8 Å². The molecule has 0 amide bonds. The van der Waals surface area contributed by atoms with E-state index in [1.165, 1.54) is 5.56 Å². The first kappa shape index (κ1) is 18.3. The van der Waals surface area contributed by atoms with E-state index in [1.807, 2.05) is 36.0 Å². The first-order valence-electron chi connectivity index (χ1n) is 9.02. The highest BCUT2D eigenvalue weighted by Crippen LogP contribution is 2.35. The molecule has 0 saturated heterocycles. The molecule has 0 radical (unpaired) electrons. The van der Waals surface area contributed by atoms with E-state index in [-0.39, 0.29) is 6.04 Å². The van der Waals surface area contributed by atoms with E-state index in [9.17, 15) is 0 Å². The molecule has 2 N–H and O–H groups in total. The van der Waals surface area contributed by atoms with Gasteiger partial charge in [-0.25, -0.2) is 4.98 Å². The van der Waals surface area contributed by atoms with Crippen LogP contribution in [0.5, 0.6) is 11.5 Å². The van der Waals surface area contributed by atoms with Gasteiger partial charge < -0.3 is 15.2 Å². The third-order valence-corrected chi connectivity index (χ3v) is 6.40. The maximum absolute atomic E-state index is 6.36. The van der Waals surface area contributed by atoms with Crippen LogP contribution >= 0.6 is 23.1 Å². The molecule has 1 unspecified atom stereocenters. The fraction of sp³-hybridized carbons (Fsp3) is 0.286. The van der Waals surface area contributed by atoms with Gasteiger partial charge in [-0.2, -0.15) is 11.8 Å². The topological polar surface area (TPSA) is 57.4 Å². The third kappa shape index (κ3) is 4.64. The van der Waals surface area contributed by atoms with E-state index in [0.717, 1.165) is 45.7 Å². The Kier molecular flexibility index (Phi) is 5.97. The summed E-state index contributed by atoms with van der Waals surface area (Å²) in [6, 6.07) is 16.4. The average Bonchev–Trinajstić information content (AvgIpc) is 3.08. The van der Waals surface area contributed by atoms with Crippen molar-refractivity contribution in [1.29, 1.82) is 0 Å². The fourth-order valence-corrected chi connectivity index (χ4v) is 4.76. The van der Waals surface area contributed by atoms with Crippen LogP contribution in [0.1, 0.15) is 23.0 Å². The molecule has 0 spiro atoms. The van der Waals surface area contributed by atoms with Gasteiger partial charge in [0.05, 0.1) is 24.9 Å². The lowest BCUT2D eigenvalue weighted by molar-refractivity contribution is 0.297. The third-order valence-electron chi connectivity index (χ3n) is 4.29. The average molecular weight is 399 g/mol. The standard InChI is InChI=1S/C21H22N2O2S2/c22-17(13-26-12-15-5-2-1-3-6-15)21-23-18(14-27-21)16-7-8-19-20(11-16)25-10-4-9-24-19/h1-3,5-8,11,14,17H,4,9-10,12-13,22H2. The molecule has 1 atom stereocenters. The normalized spacial score (nSPS) is 14.6. The monoisotopic (exact) mass is 398 g/mol. The molecular weight excluding hydrogens is 376 g/mol. The number of nitrogens with zero attached hydrogens (tertiary/aromatic N) is 1. The Hall–Kier alpha value is -2.02. The molecule has 0 bridgehead atoms. The van der Waals surface area contributed by atoms with Gasteiger partial charge >= 0.3 is 0 Å². The summed E-state index contributed by atoms with van der Waals surface area (Å²) in [4.78, 5) is 4.76. The molecule has 2 heterocycles. The number of thioether (sulfide) groups is 1. The van der Waals surface area contributed by atoms with Gasteiger partial charge in [-0.15, -0.1) is 11.3 Å². The van der Waals surface area contributed by atoms with Gasteiger partial charge in [-0.3, -0.25) is 0 Å². The highest BCUT2D eigenvalue weighted by atomic mass is 32.2. The number of thiazole rings is 1. The van der Waals surface area contributed by atoms with Crippen molar-refractivity contribution in [3.8, 4) is 22.8 Å². The van der Waals surface area contributed by atoms with E-state index in [2.05, 4.69) is 29.6 Å². The number of hydrogen-bond acceptors (Lipinski definition) is 6. The largest absolute Gasteiger partial charge is 0.490 e. The Balaban J connectivity index is 1.40. The van der Waals surface area contributed by atoms with Crippen LogP contribution in [0.4, 0.5) is 0 Å². The van der Waals surface area contributed by atoms with Crippen LogP contribution in [0.25, 0.3) is 11.3 Å². The van der Waals surface area contributed by atoms with Crippen molar-refractivity contribution in [3.63, 3.8) is 0 Å². The van der Waals surface area contributed by atoms with Crippen LogP contribution < -0.4 is 15.2 Å². The summed E-state index contributed by atoms with van der Waals surface area (Å²) in [6.07, 6.45) is 0.903. The quantitative estimate of drug-likeness (QED) is 0.640. The molecule has 4 nitrogen and oxygen atoms in total. The fourth-order valence-electron chi connectivity index (χ4n) is 2.86. The van der Waals surface area contributed by atoms with Gasteiger partial charge in [-0.1, -0.05) is 30.3 Å². The molecule has 27 heavy (non-hydrogen) atoms. The summed E-state index contributed by atoms with van der Waals surface area (Å²) >= 11 is 3.46. The molecule has 4 rings (SSSR count). The molecule has 1 aliphatic rings. The van der Waals surface area contributed by atoms with E-state index >= 15 is 0 Å². The lowest BCUT2D eigenvalue weighted by atomic mass is 10.1. The summed E-state index contributed by atoms with van der Waals surface area (Å²) in [7, 11) is 0. The highest BCUT2D eigenvalue weighted by molar-refractivity contribution is 7.98. The molecule has 0 fully saturated rings. The first-order valence-corrected chi connectivity index (χ1v) is 11.1. The molecule has 0 aliphatic carbocycles. The Labute approximate surface area is 167 Å². The molecule has 0 saturated carbocycles. The minimum atomic E-state index is -0.0575. The van der Waals surface area contributed by atoms with Crippen molar-refractivity contribution in [3.05, 3.63) is 64.5 Å². The van der Waals surface area contributed by atoms with Gasteiger partial charge in [0.1, 0.15) is 5.01 Å². The predicted octanol–water partition coefficient (Wildman–Crippen LogP) is 4.90. The predicted molar refractivity (Wildman–Crippen MR) is 113 cm³/mol. The number of ether oxygens (including phenoxy) is 2. The van der Waals surface area contributed by atoms with Crippen molar-refractivity contribution in [2.24, 2.45) is 5.73 Å². The van der Waals surface area contributed by atoms with Crippen LogP contribution in [0.2, 0.25) is 0 Å². The molecule has 3 aromatic rings. The van der Waals surface area contributed by atoms with Crippen LogP contribution in [0.3, 0.4) is 0 Å². The zero-order valence-electron chi connectivity index (χ0n) is 15.0. The summed E-state index contributed by atoms with van der Waals surface area (Å²) in [5.41, 5.74) is 9.66. The van der Waals surface area contributed by atoms with Crippen LogP contribution in [-0.2, 0) is 5.75 Å². The summed E-state index contributed by atoms with van der Waals surface area (Å²) < 4.78 is 11.5. The number of aromatic nitrogens is 1. The Morgan fingerprint density at radius 1 is 1.07 bits per heavy atom. The zero-order valence-corrected chi connectivity index (χ0v) is 16.6. The van der Waals surface area contributed by atoms with Crippen molar-refractivity contribution in [2.75, 3.05) is 19.0 Å². The summed E-state index contributed by atoms with van der Waals surface area (Å²) in [5.74, 6) is 3.42. The van der Waals surface area contributed by atoms with Crippen LogP contribution in [0.15, 0.2) is 53.9 Å². The number of hydrogen-bond donors (Lipinski definition) is 1. The second kappa shape index (κ2) is 8.78. The van der Waals surface area contributed by atoms with Gasteiger partial charge in [0.15, 0.2) is 11.5 Å². The molecular formula is C21H22N2O2S2. The zero-order chi connectivity index (χ0) is 18.5.